The molecule has 0 aliphatic heterocycles. The summed E-state index contributed by atoms with van der Waals surface area (Å²) >= 11 is 0. The molecule has 4 heteroatoms. The highest BCUT2D eigenvalue weighted by Crippen LogP contribution is 2.37. The maximum atomic E-state index is 6.82. The Morgan fingerprint density at radius 3 is 1.76 bits per heavy atom. The summed E-state index contributed by atoms with van der Waals surface area (Å²) in [6.07, 6.45) is 4.88. The van der Waals surface area contributed by atoms with Gasteiger partial charge in [-0.05, 0) is 71.0 Å². The molecular formula is C42H34N4. The summed E-state index contributed by atoms with van der Waals surface area (Å²) in [6.45, 7) is 4.13. The Bertz CT molecular complexity index is 2140. The van der Waals surface area contributed by atoms with Crippen LogP contribution in [0, 0.1) is 6.92 Å². The predicted molar refractivity (Wildman–Crippen MR) is 192 cm³/mol. The van der Waals surface area contributed by atoms with Gasteiger partial charge in [-0.1, -0.05) is 133 Å². The van der Waals surface area contributed by atoms with E-state index >= 15 is 0 Å². The SMILES string of the molecule is C/C=C\c1ccc(-c2cc3ccccc3cc2Cc2cccc(-c3nc(-c4ccccc4)nc(-c4ccccc4)n3)c2)c(N)c1C. The summed E-state index contributed by atoms with van der Waals surface area (Å²) in [6, 6.07) is 46.1. The van der Waals surface area contributed by atoms with Gasteiger partial charge in [-0.2, -0.15) is 0 Å². The molecule has 7 rings (SSSR count). The van der Waals surface area contributed by atoms with Crippen molar-refractivity contribution in [2.24, 2.45) is 0 Å². The van der Waals surface area contributed by atoms with E-state index in [4.69, 9.17) is 20.7 Å². The normalized spacial score (nSPS) is 11.3. The molecule has 0 fully saturated rings. The molecule has 0 aliphatic carbocycles. The Morgan fingerprint density at radius 1 is 0.565 bits per heavy atom. The van der Waals surface area contributed by atoms with Crippen molar-refractivity contribution in [3.63, 3.8) is 0 Å². The number of benzene rings is 6. The molecule has 7 aromatic rings. The number of aromatic nitrogens is 3. The standard InChI is InChI=1S/C42H34N4/c1-3-13-30-22-23-37(39(43)28(30)2)38-27-34-20-11-10-19-33(34)26-36(38)25-29-14-12-21-35(24-29)42-45-40(31-15-6-4-7-16-31)44-41(46-42)32-17-8-5-9-18-32/h3-24,26-27H,25,43H2,1-2H3/b13-3-. The topological polar surface area (TPSA) is 64.7 Å². The average Bonchev–Trinajstić information content (AvgIpc) is 3.11. The highest BCUT2D eigenvalue weighted by Gasteiger charge is 2.16. The monoisotopic (exact) mass is 594 g/mol. The minimum Gasteiger partial charge on any atom is -0.398 e. The number of nitrogens with zero attached hydrogens (tertiary/aromatic N) is 3. The number of nitrogen functional groups attached to an aromatic ring is 1. The first-order chi connectivity index (χ1) is 22.6. The van der Waals surface area contributed by atoms with Crippen molar-refractivity contribution >= 4 is 22.5 Å². The van der Waals surface area contributed by atoms with Gasteiger partial charge in [0.2, 0.25) is 0 Å². The molecule has 46 heavy (non-hydrogen) atoms. The number of fused-ring (bicyclic) bond motifs is 1. The fourth-order valence-corrected chi connectivity index (χ4v) is 6.00. The van der Waals surface area contributed by atoms with Crippen LogP contribution >= 0.6 is 0 Å². The zero-order chi connectivity index (χ0) is 31.5. The summed E-state index contributed by atoms with van der Waals surface area (Å²) in [5, 5.41) is 2.40. The lowest BCUT2D eigenvalue weighted by Gasteiger charge is -2.17. The van der Waals surface area contributed by atoms with Crippen LogP contribution in [0.5, 0.6) is 0 Å². The number of nitrogens with two attached hydrogens (primary N) is 1. The van der Waals surface area contributed by atoms with Gasteiger partial charge in [-0.15, -0.1) is 0 Å². The van der Waals surface area contributed by atoms with Crippen molar-refractivity contribution < 1.29 is 0 Å². The molecule has 1 heterocycles. The molecule has 0 spiro atoms. The Morgan fingerprint density at radius 2 is 1.13 bits per heavy atom. The Balaban J connectivity index is 1.33. The molecule has 6 aromatic carbocycles. The van der Waals surface area contributed by atoms with Gasteiger partial charge in [-0.3, -0.25) is 0 Å². The highest BCUT2D eigenvalue weighted by molar-refractivity contribution is 5.92. The van der Waals surface area contributed by atoms with E-state index in [9.17, 15) is 0 Å². The maximum Gasteiger partial charge on any atom is 0.164 e. The van der Waals surface area contributed by atoms with Crippen LogP contribution in [0.25, 0.3) is 62.1 Å². The van der Waals surface area contributed by atoms with Gasteiger partial charge in [0.1, 0.15) is 0 Å². The van der Waals surface area contributed by atoms with E-state index in [0.717, 1.165) is 56.6 Å². The summed E-state index contributed by atoms with van der Waals surface area (Å²) < 4.78 is 0. The number of rotatable bonds is 7. The summed E-state index contributed by atoms with van der Waals surface area (Å²) in [5.74, 6) is 1.95. The summed E-state index contributed by atoms with van der Waals surface area (Å²) in [4.78, 5) is 14.8. The molecule has 4 nitrogen and oxygen atoms in total. The van der Waals surface area contributed by atoms with E-state index in [1.807, 2.05) is 73.7 Å². The van der Waals surface area contributed by atoms with Gasteiger partial charge in [0, 0.05) is 27.9 Å². The third kappa shape index (κ3) is 5.81. The van der Waals surface area contributed by atoms with Crippen LogP contribution in [0.3, 0.4) is 0 Å². The molecule has 222 valence electrons. The van der Waals surface area contributed by atoms with Crippen LogP contribution in [-0.4, -0.2) is 15.0 Å². The van der Waals surface area contributed by atoms with E-state index in [0.29, 0.717) is 17.5 Å². The van der Waals surface area contributed by atoms with Gasteiger partial charge in [0.25, 0.3) is 0 Å². The third-order valence-electron chi connectivity index (χ3n) is 8.44. The smallest absolute Gasteiger partial charge is 0.164 e. The van der Waals surface area contributed by atoms with Gasteiger partial charge in [0.15, 0.2) is 17.5 Å². The Labute approximate surface area is 270 Å². The first kappa shape index (κ1) is 28.9. The van der Waals surface area contributed by atoms with Gasteiger partial charge < -0.3 is 5.73 Å². The highest BCUT2D eigenvalue weighted by atomic mass is 15.0. The first-order valence-electron chi connectivity index (χ1n) is 15.6. The molecule has 0 saturated carbocycles. The number of allylic oxidation sites excluding steroid dienone is 1. The molecule has 0 bridgehead atoms. The molecular weight excluding hydrogens is 560 g/mol. The quantitative estimate of drug-likeness (QED) is 0.187. The number of hydrogen-bond donors (Lipinski definition) is 1. The van der Waals surface area contributed by atoms with Crippen LogP contribution in [0.15, 0.2) is 140 Å². The van der Waals surface area contributed by atoms with Crippen molar-refractivity contribution in [1.29, 1.82) is 0 Å². The molecule has 1 aromatic heterocycles. The minimum absolute atomic E-state index is 0.646. The van der Waals surface area contributed by atoms with Gasteiger partial charge in [0.05, 0.1) is 0 Å². The molecule has 0 unspecified atom stereocenters. The zero-order valence-electron chi connectivity index (χ0n) is 26.0. The van der Waals surface area contributed by atoms with Crippen LogP contribution < -0.4 is 5.73 Å². The van der Waals surface area contributed by atoms with E-state index in [-0.39, 0.29) is 0 Å². The molecule has 0 atom stereocenters. The van der Waals surface area contributed by atoms with E-state index in [2.05, 4.69) is 85.8 Å². The lowest BCUT2D eigenvalue weighted by molar-refractivity contribution is 1.07. The van der Waals surface area contributed by atoms with Crippen molar-refractivity contribution in [3.8, 4) is 45.3 Å². The summed E-state index contributed by atoms with van der Waals surface area (Å²) in [7, 11) is 0. The maximum absolute atomic E-state index is 6.82. The molecule has 0 amide bonds. The van der Waals surface area contributed by atoms with Crippen LogP contribution in [0.4, 0.5) is 5.69 Å². The van der Waals surface area contributed by atoms with Crippen molar-refractivity contribution in [2.75, 3.05) is 5.73 Å². The van der Waals surface area contributed by atoms with E-state index in [1.54, 1.807) is 0 Å². The third-order valence-corrected chi connectivity index (χ3v) is 8.44. The number of hydrogen-bond acceptors (Lipinski definition) is 4. The van der Waals surface area contributed by atoms with E-state index in [1.165, 1.54) is 16.3 Å². The molecule has 2 N–H and O–H groups in total. The van der Waals surface area contributed by atoms with Gasteiger partial charge >= 0.3 is 0 Å². The van der Waals surface area contributed by atoms with Crippen LogP contribution in [0.1, 0.15) is 29.2 Å². The van der Waals surface area contributed by atoms with Crippen LogP contribution in [-0.2, 0) is 6.42 Å². The van der Waals surface area contributed by atoms with Crippen molar-refractivity contribution in [1.82, 2.24) is 15.0 Å². The fourth-order valence-electron chi connectivity index (χ4n) is 6.00. The second-order valence-electron chi connectivity index (χ2n) is 11.5. The fraction of sp³-hybridized carbons (Fsp3) is 0.0714. The minimum atomic E-state index is 0.646. The first-order valence-corrected chi connectivity index (χ1v) is 15.6. The molecule has 0 radical (unpaired) electrons. The summed E-state index contributed by atoms with van der Waals surface area (Å²) in [5.41, 5.74) is 17.3. The molecule has 0 aliphatic rings. The van der Waals surface area contributed by atoms with Gasteiger partial charge in [-0.25, -0.2) is 15.0 Å². The Hall–Kier alpha value is -5.87. The lowest BCUT2D eigenvalue weighted by atomic mass is 9.89. The largest absolute Gasteiger partial charge is 0.398 e. The van der Waals surface area contributed by atoms with Crippen molar-refractivity contribution in [2.45, 2.75) is 20.3 Å². The Kier molecular flexibility index (Phi) is 7.92. The average molecular weight is 595 g/mol. The van der Waals surface area contributed by atoms with Crippen LogP contribution in [0.2, 0.25) is 0 Å². The lowest BCUT2D eigenvalue weighted by Crippen LogP contribution is -2.01. The van der Waals surface area contributed by atoms with E-state index < -0.39 is 0 Å². The number of anilines is 1. The van der Waals surface area contributed by atoms with Crippen molar-refractivity contribution in [3.05, 3.63) is 162 Å². The second kappa shape index (κ2) is 12.6. The second-order valence-corrected chi connectivity index (χ2v) is 11.5. The predicted octanol–water partition coefficient (Wildman–Crippen LogP) is 10.2. The molecule has 0 saturated heterocycles. The zero-order valence-corrected chi connectivity index (χ0v) is 26.0.